The lowest BCUT2D eigenvalue weighted by molar-refractivity contribution is 0.493. The first kappa shape index (κ1) is 16.7. The van der Waals surface area contributed by atoms with Gasteiger partial charge >= 0.3 is 0 Å². The van der Waals surface area contributed by atoms with Crippen molar-refractivity contribution in [3.63, 3.8) is 0 Å². The summed E-state index contributed by atoms with van der Waals surface area (Å²) in [6.07, 6.45) is 13.3. The van der Waals surface area contributed by atoms with Gasteiger partial charge in [0, 0.05) is 6.04 Å². The second-order valence-electron chi connectivity index (χ2n) is 4.88. The number of hydrogen-bond acceptors (Lipinski definition) is 1. The summed E-state index contributed by atoms with van der Waals surface area (Å²) >= 11 is 4.87. The zero-order valence-corrected chi connectivity index (χ0v) is 12.5. The average molecular weight is 258 g/mol. The largest absolute Gasteiger partial charge is 0.376 e. The zero-order chi connectivity index (χ0) is 12.9. The van der Waals surface area contributed by atoms with Gasteiger partial charge in [0.1, 0.15) is 0 Å². The van der Waals surface area contributed by atoms with Crippen molar-refractivity contribution in [3.05, 3.63) is 0 Å². The van der Waals surface area contributed by atoms with Gasteiger partial charge in [-0.2, -0.15) is 0 Å². The number of rotatable bonds is 11. The van der Waals surface area contributed by atoms with Gasteiger partial charge in [0.05, 0.1) is 0 Å². The fourth-order valence-corrected chi connectivity index (χ4v) is 2.27. The summed E-state index contributed by atoms with van der Waals surface area (Å²) in [5.74, 6) is 0. The van der Waals surface area contributed by atoms with Crippen LogP contribution in [0.3, 0.4) is 0 Å². The first-order valence-electron chi connectivity index (χ1n) is 7.26. The molecule has 0 fully saturated rings. The van der Waals surface area contributed by atoms with Gasteiger partial charge < -0.3 is 11.1 Å². The van der Waals surface area contributed by atoms with Crippen molar-refractivity contribution in [1.82, 2.24) is 5.32 Å². The summed E-state index contributed by atoms with van der Waals surface area (Å²) in [5, 5.41) is 3.60. The minimum Gasteiger partial charge on any atom is -0.376 e. The molecule has 0 aliphatic rings. The van der Waals surface area contributed by atoms with Crippen LogP contribution in [0.1, 0.15) is 78.1 Å². The average Bonchev–Trinajstić information content (AvgIpc) is 2.30. The van der Waals surface area contributed by atoms with E-state index >= 15 is 0 Å². The SMILES string of the molecule is CCCCCCCCCCC(CC)NC(N)=S. The van der Waals surface area contributed by atoms with E-state index in [2.05, 4.69) is 19.2 Å². The van der Waals surface area contributed by atoms with Gasteiger partial charge in [0.2, 0.25) is 0 Å². The van der Waals surface area contributed by atoms with Crippen molar-refractivity contribution in [2.45, 2.75) is 84.1 Å². The molecule has 2 nitrogen and oxygen atoms in total. The summed E-state index contributed by atoms with van der Waals surface area (Å²) in [7, 11) is 0. The lowest BCUT2D eigenvalue weighted by Crippen LogP contribution is -2.37. The Morgan fingerprint density at radius 3 is 2.00 bits per heavy atom. The maximum atomic E-state index is 5.49. The molecule has 17 heavy (non-hydrogen) atoms. The van der Waals surface area contributed by atoms with Crippen molar-refractivity contribution in [1.29, 1.82) is 0 Å². The molecule has 0 rings (SSSR count). The number of thiocarbonyl (C=S) groups is 1. The van der Waals surface area contributed by atoms with Crippen LogP contribution in [0.2, 0.25) is 0 Å². The molecule has 0 spiro atoms. The first-order chi connectivity index (χ1) is 8.20. The number of hydrogen-bond donors (Lipinski definition) is 2. The van der Waals surface area contributed by atoms with Gasteiger partial charge in [-0.1, -0.05) is 65.2 Å². The lowest BCUT2D eigenvalue weighted by Gasteiger charge is -2.16. The maximum Gasteiger partial charge on any atom is 0.163 e. The number of nitrogens with two attached hydrogens (primary N) is 1. The van der Waals surface area contributed by atoms with E-state index in [9.17, 15) is 0 Å². The highest BCUT2D eigenvalue weighted by Gasteiger charge is 2.05. The van der Waals surface area contributed by atoms with Gasteiger partial charge in [-0.25, -0.2) is 0 Å². The number of unbranched alkanes of at least 4 members (excludes halogenated alkanes) is 7. The fraction of sp³-hybridized carbons (Fsp3) is 0.929. The van der Waals surface area contributed by atoms with Crippen molar-refractivity contribution in [2.24, 2.45) is 5.73 Å². The van der Waals surface area contributed by atoms with E-state index in [1.54, 1.807) is 0 Å². The molecular weight excluding hydrogens is 228 g/mol. The van der Waals surface area contributed by atoms with Crippen LogP contribution in [0.25, 0.3) is 0 Å². The van der Waals surface area contributed by atoms with Crippen LogP contribution in [0, 0.1) is 0 Å². The Labute approximate surface area is 113 Å². The van der Waals surface area contributed by atoms with E-state index in [4.69, 9.17) is 18.0 Å². The standard InChI is InChI=1S/C14H30N2S/c1-3-5-6-7-8-9-10-11-12-13(4-2)16-14(15)17/h13H,3-12H2,1-2H3,(H3,15,16,17). The van der Waals surface area contributed by atoms with Crippen LogP contribution in [0.5, 0.6) is 0 Å². The van der Waals surface area contributed by atoms with E-state index in [1.807, 2.05) is 0 Å². The Bertz CT molecular complexity index is 183. The van der Waals surface area contributed by atoms with Crippen molar-refractivity contribution < 1.29 is 0 Å². The lowest BCUT2D eigenvalue weighted by atomic mass is 10.0. The Morgan fingerprint density at radius 1 is 1.00 bits per heavy atom. The zero-order valence-electron chi connectivity index (χ0n) is 11.6. The van der Waals surface area contributed by atoms with E-state index < -0.39 is 0 Å². The molecule has 0 heterocycles. The molecule has 0 saturated carbocycles. The normalized spacial score (nSPS) is 12.4. The molecule has 1 unspecified atom stereocenters. The second-order valence-corrected chi connectivity index (χ2v) is 5.32. The molecule has 0 saturated heterocycles. The van der Waals surface area contributed by atoms with Gasteiger partial charge in [-0.05, 0) is 25.1 Å². The first-order valence-corrected chi connectivity index (χ1v) is 7.67. The Hall–Kier alpha value is -0.310. The maximum absolute atomic E-state index is 5.49. The Kier molecular flexibility index (Phi) is 11.9. The van der Waals surface area contributed by atoms with Crippen LogP contribution in [-0.4, -0.2) is 11.2 Å². The molecule has 0 aromatic rings. The Balaban J connectivity index is 3.28. The van der Waals surface area contributed by atoms with Crippen LogP contribution < -0.4 is 11.1 Å². The molecule has 102 valence electrons. The molecule has 3 N–H and O–H groups in total. The fourth-order valence-electron chi connectivity index (χ4n) is 2.10. The highest BCUT2D eigenvalue weighted by Crippen LogP contribution is 2.11. The van der Waals surface area contributed by atoms with Crippen LogP contribution in [-0.2, 0) is 0 Å². The molecular formula is C14H30N2S. The van der Waals surface area contributed by atoms with Gasteiger partial charge in [0.15, 0.2) is 5.11 Å². The molecule has 0 aromatic heterocycles. The molecule has 0 bridgehead atoms. The quantitative estimate of drug-likeness (QED) is 0.432. The topological polar surface area (TPSA) is 38.0 Å². The van der Waals surface area contributed by atoms with Gasteiger partial charge in [0.25, 0.3) is 0 Å². The third-order valence-corrected chi connectivity index (χ3v) is 3.36. The van der Waals surface area contributed by atoms with E-state index in [-0.39, 0.29) is 0 Å². The summed E-state index contributed by atoms with van der Waals surface area (Å²) in [6.45, 7) is 4.44. The monoisotopic (exact) mass is 258 g/mol. The molecule has 0 radical (unpaired) electrons. The molecule has 3 heteroatoms. The van der Waals surface area contributed by atoms with Crippen LogP contribution >= 0.6 is 12.2 Å². The minimum absolute atomic E-state index is 0.441. The molecule has 0 amide bonds. The van der Waals surface area contributed by atoms with Crippen LogP contribution in [0.4, 0.5) is 0 Å². The predicted molar refractivity (Wildman–Crippen MR) is 81.2 cm³/mol. The van der Waals surface area contributed by atoms with E-state index in [0.29, 0.717) is 11.2 Å². The highest BCUT2D eigenvalue weighted by molar-refractivity contribution is 7.80. The predicted octanol–water partition coefficient (Wildman–Crippen LogP) is 4.13. The highest BCUT2D eigenvalue weighted by atomic mass is 32.1. The summed E-state index contributed by atoms with van der Waals surface area (Å²) in [6, 6.07) is 0.479. The molecule has 1 atom stereocenters. The third-order valence-electron chi connectivity index (χ3n) is 3.25. The number of nitrogens with one attached hydrogen (secondary N) is 1. The summed E-state index contributed by atoms with van der Waals surface area (Å²) < 4.78 is 0. The molecule has 0 aromatic carbocycles. The van der Waals surface area contributed by atoms with E-state index in [1.165, 1.54) is 57.8 Å². The van der Waals surface area contributed by atoms with E-state index in [0.717, 1.165) is 6.42 Å². The van der Waals surface area contributed by atoms with Crippen molar-refractivity contribution in [3.8, 4) is 0 Å². The van der Waals surface area contributed by atoms with Gasteiger partial charge in [-0.3, -0.25) is 0 Å². The molecule has 0 aliphatic carbocycles. The van der Waals surface area contributed by atoms with Crippen molar-refractivity contribution >= 4 is 17.3 Å². The smallest absolute Gasteiger partial charge is 0.163 e. The molecule has 0 aliphatic heterocycles. The van der Waals surface area contributed by atoms with Crippen molar-refractivity contribution in [2.75, 3.05) is 0 Å². The Morgan fingerprint density at radius 2 is 1.53 bits per heavy atom. The summed E-state index contributed by atoms with van der Waals surface area (Å²) in [4.78, 5) is 0. The summed E-state index contributed by atoms with van der Waals surface area (Å²) in [5.41, 5.74) is 5.49. The third kappa shape index (κ3) is 11.9. The van der Waals surface area contributed by atoms with Crippen LogP contribution in [0.15, 0.2) is 0 Å². The second kappa shape index (κ2) is 12.2. The van der Waals surface area contributed by atoms with Gasteiger partial charge in [-0.15, -0.1) is 0 Å². The minimum atomic E-state index is 0.441.